The monoisotopic (exact) mass is 288 g/mol. The molecule has 0 aliphatic heterocycles. The molecule has 0 fully saturated rings. The Morgan fingerprint density at radius 1 is 1.19 bits per heavy atom. The molecule has 21 heavy (non-hydrogen) atoms. The first kappa shape index (κ1) is 15.7. The van der Waals surface area contributed by atoms with Gasteiger partial charge < -0.3 is 14.8 Å². The molecule has 1 N–H and O–H groups in total. The van der Waals surface area contributed by atoms with Gasteiger partial charge in [-0.25, -0.2) is 4.98 Å². The van der Waals surface area contributed by atoms with Crippen LogP contribution < -0.4 is 10.1 Å². The Morgan fingerprint density at radius 3 is 2.76 bits per heavy atom. The molecule has 0 bridgehead atoms. The van der Waals surface area contributed by atoms with Crippen LogP contribution in [0.5, 0.6) is 5.88 Å². The van der Waals surface area contributed by atoms with Crippen LogP contribution in [-0.2, 0) is 11.3 Å². The first-order valence-electron chi connectivity index (χ1n) is 7.54. The molecular formula is C17H24N2O2. The molecule has 0 aliphatic carbocycles. The second kappa shape index (κ2) is 7.96. The Hall–Kier alpha value is -1.65. The lowest BCUT2D eigenvalue weighted by molar-refractivity contribution is 0.0546. The van der Waals surface area contributed by atoms with E-state index in [0.717, 1.165) is 29.6 Å². The second-order valence-electron chi connectivity index (χ2n) is 5.19. The number of ether oxygens (including phenoxy) is 2. The molecule has 4 heteroatoms. The van der Waals surface area contributed by atoms with Crippen molar-refractivity contribution in [2.75, 3.05) is 19.8 Å². The van der Waals surface area contributed by atoms with Gasteiger partial charge in [0, 0.05) is 11.9 Å². The summed E-state index contributed by atoms with van der Waals surface area (Å²) in [6.07, 6.45) is 0.221. The van der Waals surface area contributed by atoms with Crippen molar-refractivity contribution in [3.05, 3.63) is 36.0 Å². The third kappa shape index (κ3) is 4.69. The van der Waals surface area contributed by atoms with Crippen molar-refractivity contribution >= 4 is 10.8 Å². The molecule has 114 valence electrons. The molecule has 4 nitrogen and oxygen atoms in total. The summed E-state index contributed by atoms with van der Waals surface area (Å²) in [5.74, 6) is 0.688. The van der Waals surface area contributed by atoms with E-state index in [9.17, 15) is 0 Å². The Bertz CT molecular complexity index is 570. The Balaban J connectivity index is 2.14. The minimum Gasteiger partial charge on any atom is -0.475 e. The fourth-order valence-corrected chi connectivity index (χ4v) is 2.10. The summed E-state index contributed by atoms with van der Waals surface area (Å²) in [6.45, 7) is 8.88. The molecule has 0 saturated heterocycles. The summed E-state index contributed by atoms with van der Waals surface area (Å²) < 4.78 is 11.3. The Labute approximate surface area is 126 Å². The highest BCUT2D eigenvalue weighted by Crippen LogP contribution is 2.24. The van der Waals surface area contributed by atoms with E-state index in [1.165, 1.54) is 0 Å². The topological polar surface area (TPSA) is 43.4 Å². The van der Waals surface area contributed by atoms with E-state index in [4.69, 9.17) is 9.47 Å². The summed E-state index contributed by atoms with van der Waals surface area (Å²) in [5.41, 5.74) is 0.996. The number of hydrogen-bond donors (Lipinski definition) is 1. The maximum absolute atomic E-state index is 5.83. The van der Waals surface area contributed by atoms with Crippen LogP contribution in [-0.4, -0.2) is 30.8 Å². The van der Waals surface area contributed by atoms with Crippen molar-refractivity contribution in [1.82, 2.24) is 10.3 Å². The first-order valence-corrected chi connectivity index (χ1v) is 7.54. The largest absolute Gasteiger partial charge is 0.475 e. The summed E-state index contributed by atoms with van der Waals surface area (Å²) >= 11 is 0. The smallest absolute Gasteiger partial charge is 0.221 e. The molecule has 0 amide bonds. The van der Waals surface area contributed by atoms with Crippen LogP contribution in [0.15, 0.2) is 30.3 Å². The van der Waals surface area contributed by atoms with Gasteiger partial charge in [0.1, 0.15) is 6.61 Å². The lowest BCUT2D eigenvalue weighted by atomic mass is 10.1. The third-order valence-corrected chi connectivity index (χ3v) is 3.09. The standard InChI is InChI=1S/C17H24N2O2/c1-4-18-12-15-11-14-7-5-6-8-16(14)17(19-15)21-10-9-20-13(2)3/h5-8,11,13,18H,4,9-10,12H2,1-3H3. The quantitative estimate of drug-likeness (QED) is 0.758. The molecule has 0 unspecified atom stereocenters. The van der Waals surface area contributed by atoms with Crippen LogP contribution in [0.25, 0.3) is 10.8 Å². The predicted octanol–water partition coefficient (Wildman–Crippen LogP) is 3.15. The van der Waals surface area contributed by atoms with Gasteiger partial charge in [0.15, 0.2) is 0 Å². The number of rotatable bonds is 8. The van der Waals surface area contributed by atoms with Gasteiger partial charge in [0.2, 0.25) is 5.88 Å². The molecule has 1 aromatic carbocycles. The van der Waals surface area contributed by atoms with Gasteiger partial charge in [-0.2, -0.15) is 0 Å². The Kier molecular flexibility index (Phi) is 5.96. The molecule has 1 aromatic heterocycles. The average Bonchev–Trinajstić information content (AvgIpc) is 2.49. The van der Waals surface area contributed by atoms with Gasteiger partial charge in [-0.15, -0.1) is 0 Å². The van der Waals surface area contributed by atoms with Gasteiger partial charge in [-0.3, -0.25) is 0 Å². The van der Waals surface area contributed by atoms with Gasteiger partial charge in [-0.05, 0) is 37.9 Å². The van der Waals surface area contributed by atoms with Crippen LogP contribution in [0.2, 0.25) is 0 Å². The van der Waals surface area contributed by atoms with E-state index >= 15 is 0 Å². The van der Waals surface area contributed by atoms with Crippen molar-refractivity contribution in [3.8, 4) is 5.88 Å². The van der Waals surface area contributed by atoms with Crippen LogP contribution in [0.1, 0.15) is 26.5 Å². The van der Waals surface area contributed by atoms with Crippen molar-refractivity contribution in [2.24, 2.45) is 0 Å². The number of pyridine rings is 1. The average molecular weight is 288 g/mol. The summed E-state index contributed by atoms with van der Waals surface area (Å²) in [5, 5.41) is 5.49. The van der Waals surface area contributed by atoms with Crippen molar-refractivity contribution in [3.63, 3.8) is 0 Å². The van der Waals surface area contributed by atoms with E-state index in [0.29, 0.717) is 19.1 Å². The van der Waals surface area contributed by atoms with Gasteiger partial charge >= 0.3 is 0 Å². The maximum atomic E-state index is 5.83. The number of hydrogen-bond acceptors (Lipinski definition) is 4. The lowest BCUT2D eigenvalue weighted by Crippen LogP contribution is -2.15. The van der Waals surface area contributed by atoms with Gasteiger partial charge in [0.25, 0.3) is 0 Å². The van der Waals surface area contributed by atoms with Crippen LogP contribution in [0.3, 0.4) is 0 Å². The summed E-state index contributed by atoms with van der Waals surface area (Å²) in [7, 11) is 0. The molecule has 2 aromatic rings. The van der Waals surface area contributed by atoms with E-state index in [-0.39, 0.29) is 6.10 Å². The van der Waals surface area contributed by atoms with Crippen LogP contribution in [0, 0.1) is 0 Å². The van der Waals surface area contributed by atoms with E-state index in [1.807, 2.05) is 32.0 Å². The molecule has 0 radical (unpaired) electrons. The third-order valence-electron chi connectivity index (χ3n) is 3.09. The molecule has 0 spiro atoms. The summed E-state index contributed by atoms with van der Waals surface area (Å²) in [4.78, 5) is 4.61. The zero-order chi connectivity index (χ0) is 15.1. The Morgan fingerprint density at radius 2 is 2.00 bits per heavy atom. The predicted molar refractivity (Wildman–Crippen MR) is 85.7 cm³/mol. The second-order valence-corrected chi connectivity index (χ2v) is 5.19. The highest BCUT2D eigenvalue weighted by molar-refractivity contribution is 5.87. The highest BCUT2D eigenvalue weighted by atomic mass is 16.5. The fraction of sp³-hybridized carbons (Fsp3) is 0.471. The zero-order valence-corrected chi connectivity index (χ0v) is 13.1. The van der Waals surface area contributed by atoms with E-state index in [2.05, 4.69) is 29.4 Å². The van der Waals surface area contributed by atoms with Crippen molar-refractivity contribution in [2.45, 2.75) is 33.4 Å². The van der Waals surface area contributed by atoms with Crippen LogP contribution in [0.4, 0.5) is 0 Å². The number of fused-ring (bicyclic) bond motifs is 1. The molecular weight excluding hydrogens is 264 g/mol. The molecule has 0 saturated carbocycles. The fourth-order valence-electron chi connectivity index (χ4n) is 2.10. The molecule has 2 rings (SSSR count). The number of nitrogens with one attached hydrogen (secondary N) is 1. The van der Waals surface area contributed by atoms with E-state index in [1.54, 1.807) is 0 Å². The van der Waals surface area contributed by atoms with Crippen LogP contribution >= 0.6 is 0 Å². The zero-order valence-electron chi connectivity index (χ0n) is 13.1. The number of nitrogens with zero attached hydrogens (tertiary/aromatic N) is 1. The van der Waals surface area contributed by atoms with Gasteiger partial charge in [-0.1, -0.05) is 25.1 Å². The SMILES string of the molecule is CCNCc1cc2ccccc2c(OCCOC(C)C)n1. The minimum atomic E-state index is 0.221. The highest BCUT2D eigenvalue weighted by Gasteiger charge is 2.07. The lowest BCUT2D eigenvalue weighted by Gasteiger charge is -2.12. The number of benzene rings is 1. The van der Waals surface area contributed by atoms with Gasteiger partial charge in [0.05, 0.1) is 18.4 Å². The van der Waals surface area contributed by atoms with Crippen molar-refractivity contribution < 1.29 is 9.47 Å². The molecule has 0 atom stereocenters. The van der Waals surface area contributed by atoms with Crippen molar-refractivity contribution in [1.29, 1.82) is 0 Å². The molecule has 0 aliphatic rings. The minimum absolute atomic E-state index is 0.221. The number of aromatic nitrogens is 1. The summed E-state index contributed by atoms with van der Waals surface area (Å²) in [6, 6.07) is 10.3. The first-order chi connectivity index (χ1) is 10.2. The molecule has 1 heterocycles. The normalized spacial score (nSPS) is 11.2. The maximum Gasteiger partial charge on any atom is 0.221 e. The van der Waals surface area contributed by atoms with E-state index < -0.39 is 0 Å².